The summed E-state index contributed by atoms with van der Waals surface area (Å²) in [5, 5.41) is 2.50. The Hall–Kier alpha value is -2.38. The SMILES string of the molecule is CCOc1nc(N)nc2c1ncn2[C@@H]1O[C@@H]2COP(=O)(N[C@H](C)C(=O)OC(C)C)O[C@H]2[C@@]1(C)F. The number of carbonyl (C=O) groups is 1. The normalized spacial score (nSPS) is 32.0. The minimum Gasteiger partial charge on any atom is -0.476 e. The predicted molar refractivity (Wildman–Crippen MR) is 117 cm³/mol. The van der Waals surface area contributed by atoms with Gasteiger partial charge in [-0.15, -0.1) is 0 Å². The van der Waals surface area contributed by atoms with Crippen LogP contribution in [0.5, 0.6) is 5.88 Å². The van der Waals surface area contributed by atoms with Gasteiger partial charge in [0.1, 0.15) is 18.2 Å². The molecule has 2 fully saturated rings. The van der Waals surface area contributed by atoms with Crippen molar-refractivity contribution in [3.8, 4) is 5.88 Å². The monoisotopic (exact) mass is 502 g/mol. The number of halogens is 1. The molecule has 34 heavy (non-hydrogen) atoms. The van der Waals surface area contributed by atoms with Crippen molar-refractivity contribution in [2.75, 3.05) is 18.9 Å². The summed E-state index contributed by atoms with van der Waals surface area (Å²) in [7, 11) is -4.05. The van der Waals surface area contributed by atoms with Crippen molar-refractivity contribution in [3.05, 3.63) is 6.33 Å². The van der Waals surface area contributed by atoms with E-state index in [0.717, 1.165) is 0 Å². The highest BCUT2D eigenvalue weighted by atomic mass is 31.2. The third-order valence-corrected chi connectivity index (χ3v) is 7.04. The minimum atomic E-state index is -4.05. The van der Waals surface area contributed by atoms with Crippen LogP contribution in [-0.4, -0.2) is 68.7 Å². The van der Waals surface area contributed by atoms with Crippen molar-refractivity contribution in [1.82, 2.24) is 24.6 Å². The van der Waals surface area contributed by atoms with Crippen LogP contribution in [0.4, 0.5) is 10.3 Å². The van der Waals surface area contributed by atoms with Crippen LogP contribution in [0.25, 0.3) is 11.2 Å². The fraction of sp³-hybridized carbons (Fsp3) is 0.684. The lowest BCUT2D eigenvalue weighted by atomic mass is 9.98. The number of anilines is 1. The fourth-order valence-electron chi connectivity index (χ4n) is 3.87. The summed E-state index contributed by atoms with van der Waals surface area (Å²) in [4.78, 5) is 24.5. The maximum absolute atomic E-state index is 16.2. The second-order valence-corrected chi connectivity index (χ2v) is 10.2. The molecule has 0 radical (unpaired) electrons. The van der Waals surface area contributed by atoms with Crippen molar-refractivity contribution >= 4 is 30.8 Å². The number of esters is 1. The largest absolute Gasteiger partial charge is 0.476 e. The molecule has 4 rings (SSSR count). The summed E-state index contributed by atoms with van der Waals surface area (Å²) in [6.07, 6.45) is -2.44. The zero-order valence-corrected chi connectivity index (χ0v) is 20.3. The van der Waals surface area contributed by atoms with Crippen molar-refractivity contribution in [2.24, 2.45) is 0 Å². The molecule has 6 atom stereocenters. The van der Waals surface area contributed by atoms with E-state index in [9.17, 15) is 9.36 Å². The Labute approximate surface area is 195 Å². The number of ether oxygens (including phenoxy) is 3. The Kier molecular flexibility index (Phi) is 6.55. The molecule has 2 aromatic heterocycles. The highest BCUT2D eigenvalue weighted by Crippen LogP contribution is 2.57. The van der Waals surface area contributed by atoms with E-state index < -0.39 is 43.9 Å². The van der Waals surface area contributed by atoms with Gasteiger partial charge in [-0.25, -0.2) is 19.0 Å². The van der Waals surface area contributed by atoms with Crippen molar-refractivity contribution in [2.45, 2.75) is 70.9 Å². The number of aromatic nitrogens is 4. The van der Waals surface area contributed by atoms with Crippen LogP contribution in [0.1, 0.15) is 40.8 Å². The van der Waals surface area contributed by atoms with Gasteiger partial charge in [0.15, 0.2) is 23.1 Å². The number of hydrogen-bond acceptors (Lipinski definition) is 11. The number of hydrogen-bond donors (Lipinski definition) is 2. The van der Waals surface area contributed by atoms with Gasteiger partial charge in [0.25, 0.3) is 0 Å². The first-order chi connectivity index (χ1) is 15.9. The zero-order valence-electron chi connectivity index (χ0n) is 19.4. The van der Waals surface area contributed by atoms with Gasteiger partial charge in [-0.3, -0.25) is 18.4 Å². The third-order valence-electron chi connectivity index (χ3n) is 5.34. The molecule has 188 valence electrons. The van der Waals surface area contributed by atoms with Crippen LogP contribution in [0.3, 0.4) is 0 Å². The Morgan fingerprint density at radius 3 is 2.85 bits per heavy atom. The number of fused-ring (bicyclic) bond motifs is 2. The summed E-state index contributed by atoms with van der Waals surface area (Å²) < 4.78 is 58.1. The van der Waals surface area contributed by atoms with E-state index in [-0.39, 0.29) is 35.7 Å². The maximum Gasteiger partial charge on any atom is 0.406 e. The Morgan fingerprint density at radius 2 is 2.18 bits per heavy atom. The van der Waals surface area contributed by atoms with E-state index in [1.54, 1.807) is 20.8 Å². The molecular weight excluding hydrogens is 474 g/mol. The van der Waals surface area contributed by atoms with Crippen LogP contribution in [0, 0.1) is 0 Å². The van der Waals surface area contributed by atoms with E-state index in [4.69, 9.17) is 29.0 Å². The average molecular weight is 502 g/mol. The zero-order chi connectivity index (χ0) is 24.8. The van der Waals surface area contributed by atoms with Gasteiger partial charge in [0.2, 0.25) is 11.8 Å². The molecule has 0 saturated carbocycles. The third kappa shape index (κ3) is 4.48. The predicted octanol–water partition coefficient (Wildman–Crippen LogP) is 1.89. The van der Waals surface area contributed by atoms with Gasteiger partial charge in [-0.1, -0.05) is 0 Å². The van der Waals surface area contributed by atoms with Crippen LogP contribution in [0.15, 0.2) is 6.33 Å². The number of nitrogens with zero attached hydrogens (tertiary/aromatic N) is 4. The molecule has 0 amide bonds. The van der Waals surface area contributed by atoms with Crippen LogP contribution in [-0.2, 0) is 27.9 Å². The van der Waals surface area contributed by atoms with E-state index in [0.29, 0.717) is 6.61 Å². The average Bonchev–Trinajstić information content (AvgIpc) is 3.25. The van der Waals surface area contributed by atoms with Crippen LogP contribution in [0.2, 0.25) is 0 Å². The molecule has 2 aliphatic rings. The smallest absolute Gasteiger partial charge is 0.406 e. The number of imidazole rings is 1. The topological polar surface area (TPSA) is 162 Å². The molecule has 0 aliphatic carbocycles. The summed E-state index contributed by atoms with van der Waals surface area (Å²) in [5.41, 5.74) is 4.10. The molecule has 0 aromatic carbocycles. The number of nitrogens with two attached hydrogens (primary N) is 1. The summed E-state index contributed by atoms with van der Waals surface area (Å²) in [5.74, 6) is -0.560. The van der Waals surface area contributed by atoms with E-state index in [1.165, 1.54) is 24.7 Å². The first-order valence-electron chi connectivity index (χ1n) is 10.8. The van der Waals surface area contributed by atoms with E-state index in [1.807, 2.05) is 0 Å². The lowest BCUT2D eigenvalue weighted by Gasteiger charge is -2.35. The second-order valence-electron chi connectivity index (χ2n) is 8.48. The lowest BCUT2D eigenvalue weighted by molar-refractivity contribution is -0.149. The molecule has 13 nitrogen and oxygen atoms in total. The molecule has 0 bridgehead atoms. The molecular formula is C19H28FN6O7P. The standard InChI is InChI=1S/C19H28FN6O7P/c1-6-29-15-12-14(23-18(21)24-15)26(8-22-12)17-19(5,20)13-11(32-17)7-30-34(28,33-13)25-10(4)16(27)31-9(2)3/h8-11,13,17H,6-7H2,1-5H3,(H,25,28)(H2,21,23,24)/t10-,11-,13-,17-,19-,34?/m1/s1. The Balaban J connectivity index is 1.58. The highest BCUT2D eigenvalue weighted by Gasteiger charge is 2.61. The van der Waals surface area contributed by atoms with Crippen molar-refractivity contribution in [1.29, 1.82) is 0 Å². The maximum atomic E-state index is 16.2. The van der Waals surface area contributed by atoms with Gasteiger partial charge >= 0.3 is 13.7 Å². The van der Waals surface area contributed by atoms with Gasteiger partial charge in [0.05, 0.1) is 25.6 Å². The van der Waals surface area contributed by atoms with E-state index in [2.05, 4.69) is 20.0 Å². The molecule has 15 heteroatoms. The number of alkyl halides is 1. The molecule has 0 spiro atoms. The Morgan fingerprint density at radius 1 is 1.44 bits per heavy atom. The molecule has 2 aliphatic heterocycles. The quantitative estimate of drug-likeness (QED) is 0.418. The Bertz CT molecular complexity index is 1130. The van der Waals surface area contributed by atoms with Gasteiger partial charge in [-0.2, -0.15) is 9.97 Å². The highest BCUT2D eigenvalue weighted by molar-refractivity contribution is 7.51. The van der Waals surface area contributed by atoms with Gasteiger partial charge < -0.3 is 19.9 Å². The summed E-state index contributed by atoms with van der Waals surface area (Å²) in [6.45, 7) is 7.94. The fourth-order valence-corrected chi connectivity index (χ4v) is 5.63. The molecule has 2 aromatic rings. The van der Waals surface area contributed by atoms with Gasteiger partial charge in [0, 0.05) is 0 Å². The van der Waals surface area contributed by atoms with Crippen LogP contribution < -0.4 is 15.6 Å². The molecule has 3 N–H and O–H groups in total. The van der Waals surface area contributed by atoms with Gasteiger partial charge in [-0.05, 0) is 34.6 Å². The first kappa shape index (κ1) is 24.7. The minimum absolute atomic E-state index is 0.0794. The van der Waals surface area contributed by atoms with E-state index >= 15 is 4.39 Å². The summed E-state index contributed by atoms with van der Waals surface area (Å²) >= 11 is 0. The number of nitrogen functional groups attached to an aromatic ring is 1. The first-order valence-corrected chi connectivity index (χ1v) is 12.4. The second kappa shape index (κ2) is 9.00. The molecule has 4 heterocycles. The van der Waals surface area contributed by atoms with Crippen molar-refractivity contribution < 1.29 is 37.0 Å². The number of carbonyl (C=O) groups excluding carboxylic acids is 1. The lowest BCUT2D eigenvalue weighted by Crippen LogP contribution is -2.47. The summed E-state index contributed by atoms with van der Waals surface area (Å²) in [6, 6.07) is -1.01. The molecule has 1 unspecified atom stereocenters. The van der Waals surface area contributed by atoms with Crippen molar-refractivity contribution in [3.63, 3.8) is 0 Å². The van der Waals surface area contributed by atoms with Crippen LogP contribution >= 0.6 is 7.75 Å². The number of nitrogens with one attached hydrogen (secondary N) is 1. The number of rotatable bonds is 7. The molecule has 2 saturated heterocycles.